The van der Waals surface area contributed by atoms with Crippen molar-refractivity contribution in [2.45, 2.75) is 26.5 Å². The summed E-state index contributed by atoms with van der Waals surface area (Å²) in [5, 5.41) is 25.0. The minimum absolute atomic E-state index is 0. The van der Waals surface area contributed by atoms with Crippen molar-refractivity contribution in [1.29, 1.82) is 0 Å². The van der Waals surface area contributed by atoms with Gasteiger partial charge < -0.3 is 15.2 Å². The van der Waals surface area contributed by atoms with Crippen LogP contribution in [0.3, 0.4) is 0 Å². The fourth-order valence-corrected chi connectivity index (χ4v) is 1.85. The van der Waals surface area contributed by atoms with E-state index in [1.165, 1.54) is 5.56 Å². The van der Waals surface area contributed by atoms with Gasteiger partial charge in [-0.25, -0.2) is 0 Å². The van der Waals surface area contributed by atoms with Crippen molar-refractivity contribution in [3.05, 3.63) is 48.0 Å². The normalized spacial score (nSPS) is 10.7. The molecule has 1 atom stereocenters. The number of halogens is 2. The van der Waals surface area contributed by atoms with Crippen LogP contribution in [0.2, 0.25) is 0 Å². The molecule has 0 aliphatic rings. The highest BCUT2D eigenvalue weighted by Crippen LogP contribution is 2.08. The Kier molecular flexibility index (Phi) is 12.3. The topological polar surface area (TPSA) is 91.7 Å². The molecule has 3 N–H and O–H groups in total. The summed E-state index contributed by atoms with van der Waals surface area (Å²) >= 11 is 0. The summed E-state index contributed by atoms with van der Waals surface area (Å²) in [4.78, 5) is 0. The molecule has 0 bridgehead atoms. The van der Waals surface area contributed by atoms with Crippen molar-refractivity contribution < 1.29 is 9.84 Å². The molecule has 0 amide bonds. The van der Waals surface area contributed by atoms with Crippen molar-refractivity contribution in [1.82, 2.24) is 15.5 Å². The molecule has 0 aliphatic carbocycles. The first kappa shape index (κ1) is 24.1. The van der Waals surface area contributed by atoms with Gasteiger partial charge in [-0.15, -0.1) is 35.0 Å². The molecule has 26 heavy (non-hydrogen) atoms. The monoisotopic (exact) mass is 401 g/mol. The van der Waals surface area contributed by atoms with Crippen LogP contribution in [0.1, 0.15) is 19.4 Å². The van der Waals surface area contributed by atoms with Gasteiger partial charge in [0.25, 0.3) is 0 Å². The molecule has 0 aliphatic heterocycles. The molecule has 1 heterocycles. The van der Waals surface area contributed by atoms with Crippen molar-refractivity contribution in [2.75, 3.05) is 18.6 Å². The second kappa shape index (κ2) is 13.3. The standard InChI is InChI=1S/C17H23N5O2.2ClH/c1-13(2)19-20-16-8-9-17(22-21-16)24-12-15(23)11-18-10-14-6-4-3-5-7-14;;/h3-9,15,18,23H,10-12H2,1-2H3,(H,20,21);2*1H. The Hall–Kier alpha value is -1.93. The molecule has 0 saturated heterocycles. The average Bonchev–Trinajstić information content (AvgIpc) is 2.60. The van der Waals surface area contributed by atoms with Crippen molar-refractivity contribution in [3.8, 4) is 5.88 Å². The third-order valence-corrected chi connectivity index (χ3v) is 3.01. The fourth-order valence-electron chi connectivity index (χ4n) is 1.85. The highest BCUT2D eigenvalue weighted by molar-refractivity contribution is 5.85. The number of anilines is 1. The SMILES string of the molecule is CC(C)=NNc1ccc(OCC(O)CNCc2ccccc2)nn1.Cl.Cl. The Labute approximate surface area is 166 Å². The molecule has 9 heteroatoms. The first-order chi connectivity index (χ1) is 11.6. The van der Waals surface area contributed by atoms with E-state index in [-0.39, 0.29) is 31.4 Å². The fraction of sp³-hybridized carbons (Fsp3) is 0.353. The van der Waals surface area contributed by atoms with Crippen LogP contribution in [-0.4, -0.2) is 40.3 Å². The van der Waals surface area contributed by atoms with E-state index in [0.29, 0.717) is 24.8 Å². The van der Waals surface area contributed by atoms with Gasteiger partial charge in [0.05, 0.1) is 0 Å². The number of aliphatic hydroxyl groups is 1. The maximum absolute atomic E-state index is 9.92. The summed E-state index contributed by atoms with van der Waals surface area (Å²) in [6.45, 7) is 5.05. The second-order valence-corrected chi connectivity index (χ2v) is 5.51. The largest absolute Gasteiger partial charge is 0.474 e. The lowest BCUT2D eigenvalue weighted by Gasteiger charge is -2.12. The Morgan fingerprint density at radius 1 is 1.12 bits per heavy atom. The molecule has 1 aromatic carbocycles. The van der Waals surface area contributed by atoms with E-state index >= 15 is 0 Å². The molecule has 0 radical (unpaired) electrons. The minimum atomic E-state index is -0.624. The molecule has 1 aromatic heterocycles. The molecule has 0 fully saturated rings. The number of nitrogens with zero attached hydrogens (tertiary/aromatic N) is 3. The summed E-state index contributed by atoms with van der Waals surface area (Å²) in [5.41, 5.74) is 4.84. The molecular formula is C17H25Cl2N5O2. The lowest BCUT2D eigenvalue weighted by Crippen LogP contribution is -2.31. The Balaban J connectivity index is 0.00000312. The van der Waals surface area contributed by atoms with Gasteiger partial charge in [0.2, 0.25) is 5.88 Å². The smallest absolute Gasteiger partial charge is 0.233 e. The molecule has 1 unspecified atom stereocenters. The highest BCUT2D eigenvalue weighted by Gasteiger charge is 2.06. The summed E-state index contributed by atoms with van der Waals surface area (Å²) in [6, 6.07) is 13.4. The van der Waals surface area contributed by atoms with Crippen LogP contribution in [0.25, 0.3) is 0 Å². The number of aliphatic hydroxyl groups excluding tert-OH is 1. The van der Waals surface area contributed by atoms with Gasteiger partial charge in [-0.05, 0) is 25.5 Å². The van der Waals surface area contributed by atoms with E-state index in [1.807, 2.05) is 44.2 Å². The molecular weight excluding hydrogens is 377 g/mol. The van der Waals surface area contributed by atoms with E-state index in [4.69, 9.17) is 4.74 Å². The molecule has 0 spiro atoms. The predicted molar refractivity (Wildman–Crippen MR) is 109 cm³/mol. The number of nitrogens with one attached hydrogen (secondary N) is 2. The van der Waals surface area contributed by atoms with Gasteiger partial charge in [-0.3, -0.25) is 5.43 Å². The van der Waals surface area contributed by atoms with E-state index in [2.05, 4.69) is 26.0 Å². The average molecular weight is 402 g/mol. The van der Waals surface area contributed by atoms with Crippen LogP contribution in [-0.2, 0) is 6.54 Å². The number of hydrazone groups is 1. The molecule has 7 nitrogen and oxygen atoms in total. The Morgan fingerprint density at radius 3 is 2.46 bits per heavy atom. The van der Waals surface area contributed by atoms with Crippen LogP contribution in [0.4, 0.5) is 5.82 Å². The van der Waals surface area contributed by atoms with Crippen LogP contribution in [0.5, 0.6) is 5.88 Å². The Bertz CT molecular complexity index is 637. The van der Waals surface area contributed by atoms with Crippen molar-refractivity contribution >= 4 is 36.3 Å². The zero-order valence-corrected chi connectivity index (χ0v) is 16.4. The summed E-state index contributed by atoms with van der Waals surface area (Å²) < 4.78 is 5.42. The number of rotatable bonds is 9. The molecule has 144 valence electrons. The second-order valence-electron chi connectivity index (χ2n) is 5.51. The van der Waals surface area contributed by atoms with E-state index in [1.54, 1.807) is 12.1 Å². The first-order valence-electron chi connectivity index (χ1n) is 7.79. The lowest BCUT2D eigenvalue weighted by molar-refractivity contribution is 0.103. The van der Waals surface area contributed by atoms with Gasteiger partial charge >= 0.3 is 0 Å². The zero-order chi connectivity index (χ0) is 17.2. The quantitative estimate of drug-likeness (QED) is 0.441. The molecule has 2 rings (SSSR count). The predicted octanol–water partition coefficient (Wildman–Crippen LogP) is 2.66. The third kappa shape index (κ3) is 9.53. The first-order valence-corrected chi connectivity index (χ1v) is 7.79. The maximum Gasteiger partial charge on any atom is 0.233 e. The van der Waals surface area contributed by atoms with Crippen LogP contribution < -0.4 is 15.5 Å². The van der Waals surface area contributed by atoms with E-state index in [0.717, 1.165) is 5.71 Å². The van der Waals surface area contributed by atoms with Gasteiger partial charge in [0, 0.05) is 24.9 Å². The minimum Gasteiger partial charge on any atom is -0.474 e. The maximum atomic E-state index is 9.92. The van der Waals surface area contributed by atoms with Crippen LogP contribution in [0, 0.1) is 0 Å². The molecule has 0 saturated carbocycles. The van der Waals surface area contributed by atoms with Crippen molar-refractivity contribution in [3.63, 3.8) is 0 Å². The number of aromatic nitrogens is 2. The van der Waals surface area contributed by atoms with Crippen molar-refractivity contribution in [2.24, 2.45) is 5.10 Å². The van der Waals surface area contributed by atoms with Crippen LogP contribution in [0.15, 0.2) is 47.6 Å². The van der Waals surface area contributed by atoms with E-state index in [9.17, 15) is 5.11 Å². The Morgan fingerprint density at radius 2 is 1.85 bits per heavy atom. The van der Waals surface area contributed by atoms with Gasteiger partial charge in [-0.2, -0.15) is 5.10 Å². The summed E-state index contributed by atoms with van der Waals surface area (Å²) in [7, 11) is 0. The van der Waals surface area contributed by atoms with Gasteiger partial charge in [0.15, 0.2) is 5.82 Å². The van der Waals surface area contributed by atoms with Gasteiger partial charge in [-0.1, -0.05) is 30.3 Å². The molecule has 2 aromatic rings. The van der Waals surface area contributed by atoms with Gasteiger partial charge in [0.1, 0.15) is 12.7 Å². The lowest BCUT2D eigenvalue weighted by atomic mass is 10.2. The number of benzene rings is 1. The number of hydrogen-bond acceptors (Lipinski definition) is 7. The summed E-state index contributed by atoms with van der Waals surface area (Å²) in [5.74, 6) is 0.897. The highest BCUT2D eigenvalue weighted by atomic mass is 35.5. The number of ether oxygens (including phenoxy) is 1. The summed E-state index contributed by atoms with van der Waals surface area (Å²) in [6.07, 6.45) is -0.624. The number of hydrogen-bond donors (Lipinski definition) is 3. The van der Waals surface area contributed by atoms with E-state index < -0.39 is 6.10 Å². The van der Waals surface area contributed by atoms with Crippen LogP contribution >= 0.6 is 24.8 Å². The third-order valence-electron chi connectivity index (χ3n) is 3.01. The zero-order valence-electron chi connectivity index (χ0n) is 14.8.